The van der Waals surface area contributed by atoms with Crippen LogP contribution in [0.5, 0.6) is 0 Å². The Morgan fingerprint density at radius 3 is 1.74 bits per heavy atom. The fraction of sp³-hybridized carbons (Fsp3) is 0.211. The van der Waals surface area contributed by atoms with Gasteiger partial charge in [0.1, 0.15) is 0 Å². The molecule has 3 aromatic carbocycles. The van der Waals surface area contributed by atoms with E-state index in [1.54, 1.807) is 0 Å². The number of ether oxygens (including phenoxy) is 1. The highest BCUT2D eigenvalue weighted by Gasteiger charge is 2.40. The minimum absolute atomic E-state index is 0.0893. The van der Waals surface area contributed by atoms with E-state index in [1.165, 1.54) is 11.1 Å². The molecule has 5 rings (SSSR count). The molecule has 4 heteroatoms. The van der Waals surface area contributed by atoms with Gasteiger partial charge in [0.25, 0.3) is 0 Å². The summed E-state index contributed by atoms with van der Waals surface area (Å²) in [6.07, 6.45) is 2.33. The third-order valence-corrected chi connectivity index (χ3v) is 5.97. The summed E-state index contributed by atoms with van der Waals surface area (Å²) in [5, 5.41) is 3.60. The molecule has 0 aliphatic carbocycles. The van der Waals surface area contributed by atoms with Crippen LogP contribution < -0.4 is 5.43 Å². The van der Waals surface area contributed by atoms with Gasteiger partial charge < -0.3 is 4.74 Å². The lowest BCUT2D eigenvalue weighted by molar-refractivity contribution is 0.0725. The molecule has 0 aromatic heterocycles. The largest absolute Gasteiger partial charge is 0.366 e. The lowest BCUT2D eigenvalue weighted by Gasteiger charge is -2.12. The number of fused-ring (bicyclic) bond motifs is 9. The molecule has 0 spiro atoms. The Morgan fingerprint density at radius 2 is 1.26 bits per heavy atom. The van der Waals surface area contributed by atoms with Crippen LogP contribution in [0, 0.1) is 0 Å². The highest BCUT2D eigenvalue weighted by atomic mass is 79.9. The summed E-state index contributed by atoms with van der Waals surface area (Å²) in [7, 11) is 0. The number of rotatable bonds is 0. The Kier molecular flexibility index (Phi) is 3.00. The SMILES string of the molecule is O=c1c2cc(Br)ccc2c2c(c3ccc(Br)cc13)C1CCC2O1. The van der Waals surface area contributed by atoms with Gasteiger partial charge in [-0.2, -0.15) is 0 Å². The van der Waals surface area contributed by atoms with Crippen LogP contribution in [0.1, 0.15) is 36.2 Å². The number of hydrogen-bond acceptors (Lipinski definition) is 2. The van der Waals surface area contributed by atoms with Crippen LogP contribution in [0.15, 0.2) is 50.1 Å². The van der Waals surface area contributed by atoms with Crippen molar-refractivity contribution in [1.29, 1.82) is 0 Å². The van der Waals surface area contributed by atoms with Gasteiger partial charge in [-0.15, -0.1) is 0 Å². The van der Waals surface area contributed by atoms with Crippen molar-refractivity contribution in [1.82, 2.24) is 0 Å². The predicted molar refractivity (Wildman–Crippen MR) is 98.9 cm³/mol. The van der Waals surface area contributed by atoms with Crippen molar-refractivity contribution in [3.63, 3.8) is 0 Å². The normalized spacial score (nSPS) is 22.0. The van der Waals surface area contributed by atoms with Gasteiger partial charge in [0.15, 0.2) is 5.43 Å². The van der Waals surface area contributed by atoms with Crippen molar-refractivity contribution in [2.75, 3.05) is 0 Å². The number of hydrogen-bond donors (Lipinski definition) is 0. The molecule has 0 saturated carbocycles. The van der Waals surface area contributed by atoms with Gasteiger partial charge in [0.05, 0.1) is 12.2 Å². The van der Waals surface area contributed by atoms with Crippen LogP contribution >= 0.6 is 31.9 Å². The van der Waals surface area contributed by atoms with Crippen molar-refractivity contribution >= 4 is 53.4 Å². The third-order valence-electron chi connectivity index (χ3n) is 4.99. The molecule has 0 radical (unpaired) electrons. The average Bonchev–Trinajstić information content (AvgIpc) is 3.13. The number of halogens is 2. The highest BCUT2D eigenvalue weighted by molar-refractivity contribution is 9.10. The smallest absolute Gasteiger partial charge is 0.194 e. The van der Waals surface area contributed by atoms with Crippen LogP contribution in [-0.4, -0.2) is 0 Å². The second kappa shape index (κ2) is 4.88. The van der Waals surface area contributed by atoms with Crippen LogP contribution in [-0.2, 0) is 4.74 Å². The first kappa shape index (κ1) is 14.1. The van der Waals surface area contributed by atoms with E-state index in [0.29, 0.717) is 0 Å². The maximum Gasteiger partial charge on any atom is 0.194 e. The lowest BCUT2D eigenvalue weighted by atomic mass is 9.89. The molecule has 2 aliphatic heterocycles. The van der Waals surface area contributed by atoms with Crippen molar-refractivity contribution in [2.24, 2.45) is 0 Å². The molecule has 2 atom stereocenters. The molecular formula is C19H12Br2O2. The van der Waals surface area contributed by atoms with Crippen molar-refractivity contribution in [2.45, 2.75) is 25.0 Å². The Labute approximate surface area is 149 Å². The van der Waals surface area contributed by atoms with Crippen molar-refractivity contribution in [3.05, 3.63) is 66.7 Å². The molecule has 0 amide bonds. The molecule has 2 unspecified atom stereocenters. The maximum absolute atomic E-state index is 13.2. The molecule has 2 nitrogen and oxygen atoms in total. The molecule has 2 heterocycles. The molecule has 0 N–H and O–H groups in total. The zero-order valence-electron chi connectivity index (χ0n) is 12.1. The first-order valence-corrected chi connectivity index (χ1v) is 9.26. The van der Waals surface area contributed by atoms with Gasteiger partial charge in [-0.1, -0.05) is 44.0 Å². The van der Waals surface area contributed by atoms with Crippen LogP contribution in [0.2, 0.25) is 0 Å². The first-order chi connectivity index (χ1) is 11.1. The van der Waals surface area contributed by atoms with E-state index in [0.717, 1.165) is 43.3 Å². The molecule has 1 saturated heterocycles. The Hall–Kier alpha value is -1.23. The van der Waals surface area contributed by atoms with E-state index in [-0.39, 0.29) is 17.6 Å². The summed E-state index contributed by atoms with van der Waals surface area (Å²) in [5.74, 6) is 0. The fourth-order valence-corrected chi connectivity index (χ4v) is 4.79. The van der Waals surface area contributed by atoms with E-state index in [4.69, 9.17) is 4.74 Å². The van der Waals surface area contributed by atoms with E-state index in [1.807, 2.05) is 24.3 Å². The molecule has 3 aromatic rings. The first-order valence-electron chi connectivity index (χ1n) is 7.67. The molecule has 1 fully saturated rings. The van der Waals surface area contributed by atoms with Gasteiger partial charge in [0.2, 0.25) is 0 Å². The molecule has 23 heavy (non-hydrogen) atoms. The summed E-state index contributed by atoms with van der Waals surface area (Å²) >= 11 is 7.01. The van der Waals surface area contributed by atoms with Crippen LogP contribution in [0.4, 0.5) is 0 Å². The Bertz CT molecular complexity index is 977. The fourth-order valence-electron chi connectivity index (χ4n) is 4.07. The summed E-state index contributed by atoms with van der Waals surface area (Å²) in [4.78, 5) is 13.2. The summed E-state index contributed by atoms with van der Waals surface area (Å²) < 4.78 is 8.03. The van der Waals surface area contributed by atoms with Crippen molar-refractivity contribution in [3.8, 4) is 0 Å². The van der Waals surface area contributed by atoms with E-state index >= 15 is 0 Å². The Balaban J connectivity index is 2.13. The quantitative estimate of drug-likeness (QED) is 0.450. The minimum atomic E-state index is 0.0893. The van der Waals surface area contributed by atoms with E-state index < -0.39 is 0 Å². The van der Waals surface area contributed by atoms with E-state index in [9.17, 15) is 4.79 Å². The second-order valence-corrected chi connectivity index (χ2v) is 8.06. The summed E-state index contributed by atoms with van der Waals surface area (Å²) in [6, 6.07) is 12.0. The van der Waals surface area contributed by atoms with E-state index in [2.05, 4.69) is 44.0 Å². The second-order valence-electron chi connectivity index (χ2n) is 6.23. The summed E-state index contributed by atoms with van der Waals surface area (Å²) in [5.41, 5.74) is 2.53. The third kappa shape index (κ3) is 1.92. The molecular weight excluding hydrogens is 420 g/mol. The van der Waals surface area contributed by atoms with Crippen molar-refractivity contribution < 1.29 is 4.74 Å². The topological polar surface area (TPSA) is 26.3 Å². The monoisotopic (exact) mass is 430 g/mol. The summed E-state index contributed by atoms with van der Waals surface area (Å²) in [6.45, 7) is 0. The highest BCUT2D eigenvalue weighted by Crippen LogP contribution is 2.54. The predicted octanol–water partition coefficient (Wildman–Crippen LogP) is 5.78. The minimum Gasteiger partial charge on any atom is -0.366 e. The molecule has 2 bridgehead atoms. The van der Waals surface area contributed by atoms with Gasteiger partial charge in [0, 0.05) is 19.7 Å². The molecule has 114 valence electrons. The maximum atomic E-state index is 13.2. The standard InChI is InChI=1S/C19H12Br2O2/c20-9-1-3-11-13(7-9)19(22)14-8-10(21)2-4-12(14)18-16-6-5-15(23-16)17(11)18/h1-4,7-8,15-16H,5-6H2. The van der Waals surface area contributed by atoms with Gasteiger partial charge in [-0.05, 0) is 59.0 Å². The average molecular weight is 432 g/mol. The Morgan fingerprint density at radius 1 is 0.783 bits per heavy atom. The van der Waals surface area contributed by atoms with Gasteiger partial charge >= 0.3 is 0 Å². The molecule has 2 aliphatic rings. The van der Waals surface area contributed by atoms with Gasteiger partial charge in [-0.25, -0.2) is 0 Å². The zero-order chi connectivity index (χ0) is 15.7. The van der Waals surface area contributed by atoms with Crippen LogP contribution in [0.25, 0.3) is 21.5 Å². The van der Waals surface area contributed by atoms with Gasteiger partial charge in [-0.3, -0.25) is 4.79 Å². The van der Waals surface area contributed by atoms with Crippen LogP contribution in [0.3, 0.4) is 0 Å². The lowest BCUT2D eigenvalue weighted by Crippen LogP contribution is -1.99. The number of benzene rings is 2. The zero-order valence-corrected chi connectivity index (χ0v) is 15.3.